The van der Waals surface area contributed by atoms with Crippen LogP contribution in [0.5, 0.6) is 0 Å². The Morgan fingerprint density at radius 3 is 2.49 bits per heavy atom. The van der Waals surface area contributed by atoms with Crippen molar-refractivity contribution in [3.05, 3.63) is 42.3 Å². The Bertz CT molecular complexity index is 1100. The predicted octanol–water partition coefficient (Wildman–Crippen LogP) is -2.17. The lowest BCUT2D eigenvalue weighted by atomic mass is 9.94. The summed E-state index contributed by atoms with van der Waals surface area (Å²) in [6.45, 7) is 0.181. The van der Waals surface area contributed by atoms with Gasteiger partial charge in [-0.15, -0.1) is 5.10 Å². The van der Waals surface area contributed by atoms with Crippen molar-refractivity contribution in [1.29, 1.82) is 0 Å². The average molecular weight is 491 g/mol. The van der Waals surface area contributed by atoms with Crippen molar-refractivity contribution in [1.82, 2.24) is 20.3 Å². The standard InChI is InChI=1S/C21H25N5O9/c1-10(28)22-12-4-2-11(3-5-12)13-7-26(25-24-13)8-17(31)23-18-14(29)6-16(21(33)34)35-20(18)19(32)15(30)9-27/h2-7,14-15,18-20,27,29-30,32H,8-9H2,1H3,(H,22,28)(H,23,31)(H,33,34)/t14-,15?,18?,19?,20?/m1/s1. The molecular formula is C21H25N5O9. The number of carbonyl (C=O) groups is 3. The number of aliphatic carboxylic acids is 1. The van der Waals surface area contributed by atoms with Gasteiger partial charge in [-0.2, -0.15) is 0 Å². The smallest absolute Gasteiger partial charge is 0.370 e. The molecule has 0 spiro atoms. The highest BCUT2D eigenvalue weighted by Gasteiger charge is 2.43. The van der Waals surface area contributed by atoms with Gasteiger partial charge in [0.1, 0.15) is 30.6 Å². The first-order valence-electron chi connectivity index (χ1n) is 10.4. The molecule has 0 radical (unpaired) electrons. The van der Waals surface area contributed by atoms with Crippen molar-refractivity contribution < 1.29 is 44.7 Å². The Kier molecular flexibility index (Phi) is 8.14. The van der Waals surface area contributed by atoms with Gasteiger partial charge < -0.3 is 40.9 Å². The molecule has 0 saturated heterocycles. The van der Waals surface area contributed by atoms with Crippen LogP contribution in [0.3, 0.4) is 0 Å². The molecule has 1 aromatic heterocycles. The molecule has 3 rings (SSSR count). The third-order valence-corrected chi connectivity index (χ3v) is 5.11. The fourth-order valence-electron chi connectivity index (χ4n) is 3.42. The quantitative estimate of drug-likeness (QED) is 0.200. The van der Waals surface area contributed by atoms with Crippen molar-refractivity contribution in [2.75, 3.05) is 11.9 Å². The second kappa shape index (κ2) is 11.1. The maximum absolute atomic E-state index is 12.6. The summed E-state index contributed by atoms with van der Waals surface area (Å²) < 4.78 is 6.38. The van der Waals surface area contributed by atoms with Gasteiger partial charge >= 0.3 is 5.97 Å². The summed E-state index contributed by atoms with van der Waals surface area (Å²) in [5.41, 5.74) is 1.72. The summed E-state index contributed by atoms with van der Waals surface area (Å²) in [6.07, 6.45) is -4.33. The lowest BCUT2D eigenvalue weighted by Crippen LogP contribution is -2.60. The zero-order valence-corrected chi connectivity index (χ0v) is 18.5. The van der Waals surface area contributed by atoms with E-state index in [1.165, 1.54) is 17.8 Å². The van der Waals surface area contributed by atoms with Crippen molar-refractivity contribution in [2.45, 2.75) is 43.9 Å². The van der Waals surface area contributed by atoms with Crippen LogP contribution < -0.4 is 10.6 Å². The van der Waals surface area contributed by atoms with E-state index in [1.54, 1.807) is 24.3 Å². The molecular weight excluding hydrogens is 466 g/mol. The Labute approximate surface area is 198 Å². The number of aliphatic hydroxyl groups excluding tert-OH is 4. The molecule has 0 bridgehead atoms. The van der Waals surface area contributed by atoms with Gasteiger partial charge in [0.25, 0.3) is 0 Å². The van der Waals surface area contributed by atoms with E-state index in [0.29, 0.717) is 16.9 Å². The van der Waals surface area contributed by atoms with Gasteiger partial charge in [-0.3, -0.25) is 9.59 Å². The number of anilines is 1. The van der Waals surface area contributed by atoms with E-state index in [2.05, 4.69) is 20.9 Å². The van der Waals surface area contributed by atoms with Gasteiger partial charge in [0, 0.05) is 18.2 Å². The number of nitrogens with one attached hydrogen (secondary N) is 2. The number of carboxylic acid groups (broad SMARTS) is 1. The third-order valence-electron chi connectivity index (χ3n) is 5.11. The lowest BCUT2D eigenvalue weighted by molar-refractivity contribution is -0.149. The fourth-order valence-corrected chi connectivity index (χ4v) is 3.42. The maximum Gasteiger partial charge on any atom is 0.370 e. The number of carbonyl (C=O) groups excluding carboxylic acids is 2. The van der Waals surface area contributed by atoms with Crippen LogP contribution in [-0.2, 0) is 25.7 Å². The minimum atomic E-state index is -1.82. The van der Waals surface area contributed by atoms with Crippen LogP contribution >= 0.6 is 0 Å². The van der Waals surface area contributed by atoms with E-state index >= 15 is 0 Å². The second-order valence-electron chi connectivity index (χ2n) is 7.80. The Morgan fingerprint density at radius 2 is 1.89 bits per heavy atom. The fraction of sp³-hybridized carbons (Fsp3) is 0.381. The van der Waals surface area contributed by atoms with Crippen molar-refractivity contribution in [3.63, 3.8) is 0 Å². The SMILES string of the molecule is CC(=O)Nc1ccc(-c2cn(CC(=O)NC3C(C(O)C(O)CO)OC(C(=O)O)=C[C@H]3O)nn2)cc1. The number of amides is 2. The molecule has 35 heavy (non-hydrogen) atoms. The zero-order chi connectivity index (χ0) is 25.7. The number of hydrogen-bond acceptors (Lipinski definition) is 10. The molecule has 0 fully saturated rings. The van der Waals surface area contributed by atoms with E-state index < -0.39 is 54.7 Å². The summed E-state index contributed by atoms with van der Waals surface area (Å²) in [5.74, 6) is -3.09. The van der Waals surface area contributed by atoms with E-state index in [-0.39, 0.29) is 12.5 Å². The molecule has 14 heteroatoms. The van der Waals surface area contributed by atoms with Crippen LogP contribution in [0.4, 0.5) is 5.69 Å². The number of ether oxygens (including phenoxy) is 1. The number of nitrogens with zero attached hydrogens (tertiary/aromatic N) is 3. The number of carboxylic acids is 1. The summed E-state index contributed by atoms with van der Waals surface area (Å²) in [7, 11) is 0. The number of aliphatic hydroxyl groups is 4. The molecule has 188 valence electrons. The molecule has 2 aromatic rings. The van der Waals surface area contributed by atoms with Crippen LogP contribution in [0.1, 0.15) is 6.92 Å². The topological polar surface area (TPSA) is 216 Å². The minimum absolute atomic E-state index is 0.210. The predicted molar refractivity (Wildman–Crippen MR) is 117 cm³/mol. The van der Waals surface area contributed by atoms with Gasteiger partial charge in [-0.05, 0) is 18.2 Å². The average Bonchev–Trinajstić information content (AvgIpc) is 3.27. The molecule has 4 unspecified atom stereocenters. The van der Waals surface area contributed by atoms with Crippen molar-refractivity contribution in [3.8, 4) is 11.3 Å². The van der Waals surface area contributed by atoms with E-state index in [0.717, 1.165) is 6.08 Å². The normalized spacial score (nSPS) is 21.3. The Morgan fingerprint density at radius 1 is 1.20 bits per heavy atom. The largest absolute Gasteiger partial charge is 0.478 e. The Balaban J connectivity index is 1.70. The van der Waals surface area contributed by atoms with Gasteiger partial charge in [-0.25, -0.2) is 9.48 Å². The summed E-state index contributed by atoms with van der Waals surface area (Å²) in [4.78, 5) is 35.0. The molecule has 5 atom stereocenters. The van der Waals surface area contributed by atoms with E-state index in [9.17, 15) is 29.7 Å². The van der Waals surface area contributed by atoms with E-state index in [4.69, 9.17) is 14.9 Å². The molecule has 0 saturated carbocycles. The molecule has 14 nitrogen and oxygen atoms in total. The van der Waals surface area contributed by atoms with Crippen LogP contribution in [0.2, 0.25) is 0 Å². The molecule has 0 aliphatic carbocycles. The number of aromatic nitrogens is 3. The minimum Gasteiger partial charge on any atom is -0.478 e. The monoisotopic (exact) mass is 491 g/mol. The summed E-state index contributed by atoms with van der Waals surface area (Å²) in [6, 6.07) is 5.43. The maximum atomic E-state index is 12.6. The van der Waals surface area contributed by atoms with Crippen molar-refractivity contribution >= 4 is 23.5 Å². The molecule has 1 aromatic carbocycles. The summed E-state index contributed by atoms with van der Waals surface area (Å²) >= 11 is 0. The highest BCUT2D eigenvalue weighted by molar-refractivity contribution is 5.89. The van der Waals surface area contributed by atoms with Gasteiger partial charge in [-0.1, -0.05) is 17.3 Å². The van der Waals surface area contributed by atoms with E-state index in [1.807, 2.05) is 0 Å². The van der Waals surface area contributed by atoms with Crippen LogP contribution in [0, 0.1) is 0 Å². The van der Waals surface area contributed by atoms with Crippen LogP contribution in [0.25, 0.3) is 11.3 Å². The number of hydrogen-bond donors (Lipinski definition) is 7. The molecule has 2 heterocycles. The van der Waals surface area contributed by atoms with Crippen molar-refractivity contribution in [2.24, 2.45) is 0 Å². The van der Waals surface area contributed by atoms with Gasteiger partial charge in [0.15, 0.2) is 6.10 Å². The molecule has 1 aliphatic heterocycles. The van der Waals surface area contributed by atoms with Gasteiger partial charge in [0.2, 0.25) is 17.6 Å². The first-order valence-corrected chi connectivity index (χ1v) is 10.4. The Hall–Kier alpha value is -3.85. The lowest BCUT2D eigenvalue weighted by Gasteiger charge is -2.38. The molecule has 7 N–H and O–H groups in total. The third kappa shape index (κ3) is 6.39. The zero-order valence-electron chi connectivity index (χ0n) is 18.5. The van der Waals surface area contributed by atoms with Crippen LogP contribution in [-0.4, -0.2) is 95.4 Å². The summed E-state index contributed by atoms with van der Waals surface area (Å²) in [5, 5.41) is 61.6. The second-order valence-corrected chi connectivity index (χ2v) is 7.80. The first kappa shape index (κ1) is 25.8. The molecule has 1 aliphatic rings. The molecule has 2 amide bonds. The van der Waals surface area contributed by atoms with Crippen LogP contribution in [0.15, 0.2) is 42.3 Å². The number of rotatable bonds is 9. The highest BCUT2D eigenvalue weighted by atomic mass is 16.5. The highest BCUT2D eigenvalue weighted by Crippen LogP contribution is 2.23. The first-order chi connectivity index (χ1) is 16.6. The van der Waals surface area contributed by atoms with Gasteiger partial charge in [0.05, 0.1) is 18.8 Å². The number of benzene rings is 1.